The van der Waals surface area contributed by atoms with Crippen LogP contribution in [0, 0.1) is 5.92 Å². The number of aliphatic hydroxyl groups is 4. The van der Waals surface area contributed by atoms with Crippen molar-refractivity contribution in [3.05, 3.63) is 0 Å². The van der Waals surface area contributed by atoms with Gasteiger partial charge in [-0.1, -0.05) is 0 Å². The fourth-order valence-corrected chi connectivity index (χ4v) is 3.30. The maximum atomic E-state index is 11.9. The molecule has 1 aliphatic rings. The Labute approximate surface area is 147 Å². The van der Waals surface area contributed by atoms with Gasteiger partial charge in [0.2, 0.25) is 5.78 Å². The van der Waals surface area contributed by atoms with Gasteiger partial charge in [-0.3, -0.25) is 28.2 Å². The second kappa shape index (κ2) is 9.53. The lowest BCUT2D eigenvalue weighted by Gasteiger charge is -2.38. The summed E-state index contributed by atoms with van der Waals surface area (Å²) in [5.41, 5.74) is 0. The molecule has 7 atom stereocenters. The number of hydrogen-bond donors (Lipinski definition) is 5. The minimum atomic E-state index is -5.02. The zero-order valence-corrected chi connectivity index (χ0v) is 14.2. The minimum Gasteiger partial charge on any atom is -0.390 e. The second-order valence-corrected chi connectivity index (χ2v) is 7.10. The highest BCUT2D eigenvalue weighted by molar-refractivity contribution is 7.47. The molecule has 1 rings (SSSR count). The highest BCUT2D eigenvalue weighted by Crippen LogP contribution is 2.47. The summed E-state index contributed by atoms with van der Waals surface area (Å²) in [5, 5.41) is 38.4. The number of carbonyl (C=O) groups excluding carboxylic acids is 4. The highest BCUT2D eigenvalue weighted by atomic mass is 31.2. The lowest BCUT2D eigenvalue weighted by Crippen LogP contribution is -2.56. The van der Waals surface area contributed by atoms with E-state index in [4.69, 9.17) is 0 Å². The molecular formula is C13H19O12P. The topological polar surface area (TPSA) is 205 Å². The van der Waals surface area contributed by atoms with Crippen LogP contribution in [-0.4, -0.2) is 86.6 Å². The Morgan fingerprint density at radius 1 is 1.08 bits per heavy atom. The van der Waals surface area contributed by atoms with E-state index in [1.54, 1.807) is 0 Å². The average Bonchev–Trinajstić information content (AvgIpc) is 2.59. The van der Waals surface area contributed by atoms with Crippen LogP contribution in [0.2, 0.25) is 0 Å². The highest BCUT2D eigenvalue weighted by Gasteiger charge is 2.46. The molecule has 0 radical (unpaired) electrons. The Hall–Kier alpha value is -1.37. The number of hydrogen-bond acceptors (Lipinski definition) is 11. The summed E-state index contributed by atoms with van der Waals surface area (Å²) in [6.45, 7) is -0.935. The Bertz CT molecular complexity index is 592. The molecule has 0 spiro atoms. The number of carbonyl (C=O) groups is 4. The van der Waals surface area contributed by atoms with Crippen LogP contribution in [0.25, 0.3) is 0 Å². The monoisotopic (exact) mass is 398 g/mol. The molecule has 0 saturated heterocycles. The lowest BCUT2D eigenvalue weighted by atomic mass is 9.87. The molecule has 26 heavy (non-hydrogen) atoms. The zero-order chi connectivity index (χ0) is 20.1. The number of aliphatic hydroxyl groups excluding tert-OH is 4. The molecule has 0 aromatic carbocycles. The smallest absolute Gasteiger partial charge is 0.390 e. The Kier molecular flexibility index (Phi) is 8.31. The molecule has 0 amide bonds. The van der Waals surface area contributed by atoms with Crippen molar-refractivity contribution in [2.45, 2.75) is 43.4 Å². The van der Waals surface area contributed by atoms with Crippen molar-refractivity contribution in [3.63, 3.8) is 0 Å². The lowest BCUT2D eigenvalue weighted by molar-refractivity contribution is -0.173. The van der Waals surface area contributed by atoms with E-state index in [0.29, 0.717) is 0 Å². The predicted molar refractivity (Wildman–Crippen MR) is 79.5 cm³/mol. The van der Waals surface area contributed by atoms with Gasteiger partial charge in [0.05, 0.1) is 24.7 Å². The van der Waals surface area contributed by atoms with E-state index in [-0.39, 0.29) is 12.6 Å². The molecule has 0 aliphatic heterocycles. The number of aldehydes is 2. The standard InChI is InChI=1S/C13H19O12P/c14-3-7(16)1-6(10(19)4-15)5-24-26(22,23)25-13-9(18)2-8(17)11(20)12(13)21/h3-4,6,8-9,11-13,17-18,20-21H,1-2,5H2,(H,22,23)/t6-,8+,9+,11-,12+,13+/m1/s1. The maximum Gasteiger partial charge on any atom is 0.472 e. The van der Waals surface area contributed by atoms with Gasteiger partial charge < -0.3 is 25.3 Å². The summed E-state index contributed by atoms with van der Waals surface area (Å²) in [6, 6.07) is 0. The molecule has 5 N–H and O–H groups in total. The number of rotatable bonds is 10. The summed E-state index contributed by atoms with van der Waals surface area (Å²) >= 11 is 0. The van der Waals surface area contributed by atoms with E-state index >= 15 is 0 Å². The Morgan fingerprint density at radius 3 is 2.23 bits per heavy atom. The predicted octanol–water partition coefficient (Wildman–Crippen LogP) is -3.12. The van der Waals surface area contributed by atoms with Crippen LogP contribution in [0.4, 0.5) is 0 Å². The molecule has 1 saturated carbocycles. The third kappa shape index (κ3) is 6.11. The molecule has 0 aromatic heterocycles. The van der Waals surface area contributed by atoms with E-state index < -0.39 is 75.3 Å². The third-order valence-electron chi connectivity index (χ3n) is 3.73. The summed E-state index contributed by atoms with van der Waals surface area (Å²) in [6.07, 6.45) is -9.99. The van der Waals surface area contributed by atoms with Crippen LogP contribution < -0.4 is 0 Å². The van der Waals surface area contributed by atoms with Crippen molar-refractivity contribution in [2.75, 3.05) is 6.61 Å². The van der Waals surface area contributed by atoms with E-state index in [0.717, 1.165) is 0 Å². The van der Waals surface area contributed by atoms with Gasteiger partial charge in [0.15, 0.2) is 18.4 Å². The summed E-state index contributed by atoms with van der Waals surface area (Å²) < 4.78 is 21.0. The van der Waals surface area contributed by atoms with Gasteiger partial charge >= 0.3 is 7.82 Å². The molecule has 13 heteroatoms. The van der Waals surface area contributed by atoms with Crippen LogP contribution in [0.1, 0.15) is 12.8 Å². The van der Waals surface area contributed by atoms with Crippen molar-refractivity contribution in [1.82, 2.24) is 0 Å². The summed E-state index contributed by atoms with van der Waals surface area (Å²) in [4.78, 5) is 52.9. The molecule has 1 unspecified atom stereocenters. The van der Waals surface area contributed by atoms with E-state index in [1.165, 1.54) is 0 Å². The van der Waals surface area contributed by atoms with Gasteiger partial charge in [-0.05, 0) is 0 Å². The van der Waals surface area contributed by atoms with E-state index in [9.17, 15) is 49.1 Å². The van der Waals surface area contributed by atoms with Crippen LogP contribution in [0.5, 0.6) is 0 Å². The van der Waals surface area contributed by atoms with Gasteiger partial charge in [0.1, 0.15) is 18.3 Å². The second-order valence-electron chi connectivity index (χ2n) is 5.69. The average molecular weight is 398 g/mol. The largest absolute Gasteiger partial charge is 0.472 e. The van der Waals surface area contributed by atoms with Crippen LogP contribution >= 0.6 is 7.82 Å². The first-order valence-electron chi connectivity index (χ1n) is 7.37. The number of phosphoric acid groups is 1. The van der Waals surface area contributed by atoms with E-state index in [1.807, 2.05) is 0 Å². The molecule has 0 heterocycles. The van der Waals surface area contributed by atoms with E-state index in [2.05, 4.69) is 9.05 Å². The normalized spacial score (nSPS) is 32.3. The molecule has 0 bridgehead atoms. The summed E-state index contributed by atoms with van der Waals surface area (Å²) in [7, 11) is -5.02. The maximum absolute atomic E-state index is 11.9. The summed E-state index contributed by atoms with van der Waals surface area (Å²) in [5.74, 6) is -3.71. The fraction of sp³-hybridized carbons (Fsp3) is 0.692. The Balaban J connectivity index is 2.76. The number of Topliss-reactive ketones (excluding diaryl/α,β-unsaturated/α-hetero) is 2. The fourth-order valence-electron chi connectivity index (χ4n) is 2.30. The molecule has 148 valence electrons. The first-order valence-corrected chi connectivity index (χ1v) is 8.87. The van der Waals surface area contributed by atoms with Gasteiger partial charge in [0.25, 0.3) is 0 Å². The van der Waals surface area contributed by atoms with Gasteiger partial charge in [0, 0.05) is 12.8 Å². The SMILES string of the molecule is O=CC(=O)C[C@H](COP(=O)(O)O[C@@H]1[C@@H](O)[C@H](O)[C@@H](O)C[C@@H]1O)C(=O)C=O. The molecule has 1 fully saturated rings. The van der Waals surface area contributed by atoms with Crippen LogP contribution in [-0.2, 0) is 32.8 Å². The molecule has 12 nitrogen and oxygen atoms in total. The van der Waals surface area contributed by atoms with Crippen molar-refractivity contribution < 1.29 is 58.1 Å². The third-order valence-corrected chi connectivity index (χ3v) is 4.72. The van der Waals surface area contributed by atoms with Crippen molar-refractivity contribution in [1.29, 1.82) is 0 Å². The zero-order valence-electron chi connectivity index (χ0n) is 13.3. The van der Waals surface area contributed by atoms with Gasteiger partial charge in [-0.25, -0.2) is 4.57 Å². The molecular weight excluding hydrogens is 379 g/mol. The minimum absolute atomic E-state index is 0.0957. The van der Waals surface area contributed by atoms with Gasteiger partial charge in [-0.15, -0.1) is 0 Å². The van der Waals surface area contributed by atoms with Gasteiger partial charge in [-0.2, -0.15) is 0 Å². The van der Waals surface area contributed by atoms with Crippen molar-refractivity contribution >= 4 is 32.0 Å². The number of ketones is 2. The first-order chi connectivity index (χ1) is 12.0. The number of phosphoric ester groups is 1. The van der Waals surface area contributed by atoms with Crippen LogP contribution in [0.3, 0.4) is 0 Å². The molecule has 0 aromatic rings. The quantitative estimate of drug-likeness (QED) is 0.141. The van der Waals surface area contributed by atoms with Crippen LogP contribution in [0.15, 0.2) is 0 Å². The van der Waals surface area contributed by atoms with Crippen molar-refractivity contribution in [2.24, 2.45) is 5.92 Å². The first kappa shape index (κ1) is 22.7. The van der Waals surface area contributed by atoms with Crippen molar-refractivity contribution in [3.8, 4) is 0 Å². The Morgan fingerprint density at radius 2 is 1.69 bits per heavy atom. The molecule has 1 aliphatic carbocycles.